The average molecular weight is 331 g/mol. The minimum absolute atomic E-state index is 0. The first-order chi connectivity index (χ1) is 9.20. The van der Waals surface area contributed by atoms with Crippen LogP contribution in [0.1, 0.15) is 19.8 Å². The largest absolute Gasteiger partial charge is 0.345 e. The molecular formula is C14H20Cl2N4O. The van der Waals surface area contributed by atoms with Crippen molar-refractivity contribution in [2.24, 2.45) is 5.73 Å². The number of anilines is 1. The number of nitrogens with two attached hydrogens (primary N) is 1. The maximum absolute atomic E-state index is 11.8. The average Bonchev–Trinajstić information content (AvgIpc) is 2.93. The number of imidazole rings is 1. The summed E-state index contributed by atoms with van der Waals surface area (Å²) in [6.45, 7) is 2.00. The number of halogens is 2. The van der Waals surface area contributed by atoms with Gasteiger partial charge in [-0.05, 0) is 18.6 Å². The van der Waals surface area contributed by atoms with E-state index in [1.807, 2.05) is 31.2 Å². The van der Waals surface area contributed by atoms with Gasteiger partial charge in [-0.25, -0.2) is 4.98 Å². The third-order valence-electron chi connectivity index (χ3n) is 2.84. The molecule has 0 radical (unpaired) electrons. The topological polar surface area (TPSA) is 83.8 Å². The van der Waals surface area contributed by atoms with Gasteiger partial charge in [-0.15, -0.1) is 24.8 Å². The zero-order valence-corrected chi connectivity index (χ0v) is 13.3. The summed E-state index contributed by atoms with van der Waals surface area (Å²) in [6, 6.07) is 7.05. The molecule has 0 bridgehead atoms. The predicted octanol–water partition coefficient (Wildman–Crippen LogP) is 2.99. The van der Waals surface area contributed by atoms with Gasteiger partial charge < -0.3 is 16.0 Å². The molecule has 4 N–H and O–H groups in total. The molecule has 2 aromatic rings. The third kappa shape index (κ3) is 5.38. The quantitative estimate of drug-likeness (QED) is 0.787. The van der Waals surface area contributed by atoms with Crippen molar-refractivity contribution in [2.45, 2.75) is 25.8 Å². The third-order valence-corrected chi connectivity index (χ3v) is 2.84. The molecular weight excluding hydrogens is 311 g/mol. The normalized spacial score (nSPS) is 11.0. The van der Waals surface area contributed by atoms with E-state index in [4.69, 9.17) is 5.73 Å². The van der Waals surface area contributed by atoms with E-state index in [2.05, 4.69) is 15.3 Å². The number of benzene rings is 1. The molecule has 1 amide bonds. The Kier molecular flexibility index (Phi) is 8.69. The molecule has 0 fully saturated rings. The lowest BCUT2D eigenvalue weighted by Gasteiger charge is -2.11. The first kappa shape index (κ1) is 19.4. The molecule has 0 saturated carbocycles. The van der Waals surface area contributed by atoms with Crippen LogP contribution in [0.15, 0.2) is 36.7 Å². The highest BCUT2D eigenvalue weighted by molar-refractivity contribution is 5.95. The highest BCUT2D eigenvalue weighted by Crippen LogP contribution is 2.19. The maximum atomic E-state index is 11.8. The molecule has 0 spiro atoms. The number of aromatic amines is 1. The van der Waals surface area contributed by atoms with E-state index in [0.29, 0.717) is 6.42 Å². The zero-order chi connectivity index (χ0) is 13.7. The summed E-state index contributed by atoms with van der Waals surface area (Å²) in [5.74, 6) is 0.618. The van der Waals surface area contributed by atoms with Gasteiger partial charge in [0.25, 0.3) is 0 Å². The molecule has 0 aliphatic carbocycles. The van der Waals surface area contributed by atoms with Gasteiger partial charge in [-0.2, -0.15) is 0 Å². The molecule has 1 aromatic carbocycles. The van der Waals surface area contributed by atoms with Crippen molar-refractivity contribution in [1.82, 2.24) is 9.97 Å². The predicted molar refractivity (Wildman–Crippen MR) is 90.0 cm³/mol. The number of aromatic nitrogens is 2. The summed E-state index contributed by atoms with van der Waals surface area (Å²) in [5.41, 5.74) is 7.43. The van der Waals surface area contributed by atoms with Crippen LogP contribution in [0.3, 0.4) is 0 Å². The Hall–Kier alpha value is -1.56. The number of hydrogen-bond donors (Lipinski definition) is 3. The SMILES string of the molecule is CCCC(N)C(=O)Nc1cccc(-c2ncc[nH]2)c1.Cl.Cl. The summed E-state index contributed by atoms with van der Waals surface area (Å²) >= 11 is 0. The van der Waals surface area contributed by atoms with E-state index in [1.54, 1.807) is 12.4 Å². The van der Waals surface area contributed by atoms with Gasteiger partial charge in [-0.1, -0.05) is 25.5 Å². The minimum atomic E-state index is -0.461. The van der Waals surface area contributed by atoms with Gasteiger partial charge in [0.05, 0.1) is 6.04 Å². The van der Waals surface area contributed by atoms with E-state index in [1.165, 1.54) is 0 Å². The second-order valence-electron chi connectivity index (χ2n) is 4.40. The van der Waals surface area contributed by atoms with E-state index < -0.39 is 6.04 Å². The Morgan fingerprint density at radius 3 is 2.81 bits per heavy atom. The monoisotopic (exact) mass is 330 g/mol. The van der Waals surface area contributed by atoms with Gasteiger partial charge in [-0.3, -0.25) is 4.79 Å². The Balaban J connectivity index is 0.00000200. The van der Waals surface area contributed by atoms with Crippen molar-refractivity contribution in [2.75, 3.05) is 5.32 Å². The van der Waals surface area contributed by atoms with Crippen molar-refractivity contribution in [3.63, 3.8) is 0 Å². The molecule has 21 heavy (non-hydrogen) atoms. The number of nitrogens with zero attached hydrogens (tertiary/aromatic N) is 1. The molecule has 1 heterocycles. The molecule has 2 rings (SSSR count). The summed E-state index contributed by atoms with van der Waals surface area (Å²) in [5, 5.41) is 2.82. The lowest BCUT2D eigenvalue weighted by atomic mass is 10.1. The maximum Gasteiger partial charge on any atom is 0.241 e. The fraction of sp³-hybridized carbons (Fsp3) is 0.286. The smallest absolute Gasteiger partial charge is 0.241 e. The van der Waals surface area contributed by atoms with E-state index >= 15 is 0 Å². The number of amides is 1. The molecule has 1 unspecified atom stereocenters. The van der Waals surface area contributed by atoms with Crippen LogP contribution >= 0.6 is 24.8 Å². The number of H-pyrrole nitrogens is 1. The van der Waals surface area contributed by atoms with Crippen molar-refractivity contribution < 1.29 is 4.79 Å². The fourth-order valence-electron chi connectivity index (χ4n) is 1.84. The van der Waals surface area contributed by atoms with Crippen LogP contribution in [0.4, 0.5) is 5.69 Å². The Morgan fingerprint density at radius 2 is 2.19 bits per heavy atom. The standard InChI is InChI=1S/C14H18N4O.2ClH/c1-2-4-12(15)14(19)18-11-6-3-5-10(9-11)13-16-7-8-17-13;;/h3,5-9,12H,2,4,15H2,1H3,(H,16,17)(H,18,19);2*1H. The number of hydrogen-bond acceptors (Lipinski definition) is 3. The van der Waals surface area contributed by atoms with Gasteiger partial charge in [0, 0.05) is 23.6 Å². The molecule has 116 valence electrons. The van der Waals surface area contributed by atoms with E-state index in [9.17, 15) is 4.79 Å². The lowest BCUT2D eigenvalue weighted by molar-refractivity contribution is -0.117. The lowest BCUT2D eigenvalue weighted by Crippen LogP contribution is -2.35. The van der Waals surface area contributed by atoms with Crippen molar-refractivity contribution in [1.29, 1.82) is 0 Å². The minimum Gasteiger partial charge on any atom is -0.345 e. The molecule has 0 aliphatic rings. The van der Waals surface area contributed by atoms with Crippen molar-refractivity contribution >= 4 is 36.4 Å². The Bertz CT molecular complexity index is 546. The molecule has 7 heteroatoms. The number of carbonyl (C=O) groups is 1. The Labute approximate surface area is 136 Å². The molecule has 1 atom stereocenters. The second-order valence-corrected chi connectivity index (χ2v) is 4.40. The van der Waals surface area contributed by atoms with Gasteiger partial charge in [0.2, 0.25) is 5.91 Å². The van der Waals surface area contributed by atoms with Crippen molar-refractivity contribution in [3.8, 4) is 11.4 Å². The highest BCUT2D eigenvalue weighted by atomic mass is 35.5. The summed E-state index contributed by atoms with van der Waals surface area (Å²) in [4.78, 5) is 19.0. The first-order valence-electron chi connectivity index (χ1n) is 6.37. The van der Waals surface area contributed by atoms with Crippen LogP contribution in [0.25, 0.3) is 11.4 Å². The summed E-state index contributed by atoms with van der Waals surface area (Å²) < 4.78 is 0. The number of carbonyl (C=O) groups excluding carboxylic acids is 1. The van der Waals surface area contributed by atoms with E-state index in [-0.39, 0.29) is 30.7 Å². The van der Waals surface area contributed by atoms with Gasteiger partial charge in [0.1, 0.15) is 5.82 Å². The van der Waals surface area contributed by atoms with Gasteiger partial charge in [0.15, 0.2) is 0 Å². The summed E-state index contributed by atoms with van der Waals surface area (Å²) in [6.07, 6.45) is 5.03. The van der Waals surface area contributed by atoms with Gasteiger partial charge >= 0.3 is 0 Å². The number of rotatable bonds is 5. The van der Waals surface area contributed by atoms with Crippen LogP contribution in [-0.4, -0.2) is 21.9 Å². The fourth-order valence-corrected chi connectivity index (χ4v) is 1.84. The van der Waals surface area contributed by atoms with E-state index in [0.717, 1.165) is 23.5 Å². The number of nitrogens with one attached hydrogen (secondary N) is 2. The zero-order valence-electron chi connectivity index (χ0n) is 11.7. The molecule has 5 nitrogen and oxygen atoms in total. The molecule has 1 aromatic heterocycles. The van der Waals surface area contributed by atoms with Crippen LogP contribution in [-0.2, 0) is 4.79 Å². The second kappa shape index (κ2) is 9.39. The highest BCUT2D eigenvalue weighted by Gasteiger charge is 2.12. The van der Waals surface area contributed by atoms with Crippen LogP contribution in [0, 0.1) is 0 Å². The van der Waals surface area contributed by atoms with Crippen LogP contribution in [0.2, 0.25) is 0 Å². The Morgan fingerprint density at radius 1 is 1.43 bits per heavy atom. The molecule has 0 aliphatic heterocycles. The van der Waals surface area contributed by atoms with Crippen molar-refractivity contribution in [3.05, 3.63) is 36.7 Å². The molecule has 0 saturated heterocycles. The first-order valence-corrected chi connectivity index (χ1v) is 6.37. The van der Waals surface area contributed by atoms with Crippen LogP contribution in [0.5, 0.6) is 0 Å². The summed E-state index contributed by atoms with van der Waals surface area (Å²) in [7, 11) is 0. The van der Waals surface area contributed by atoms with Crippen LogP contribution < -0.4 is 11.1 Å².